The van der Waals surface area contributed by atoms with Crippen LogP contribution in [0.1, 0.15) is 37.6 Å². The van der Waals surface area contributed by atoms with Gasteiger partial charge in [-0.05, 0) is 37.6 Å². The van der Waals surface area contributed by atoms with Crippen LogP contribution >= 0.6 is 0 Å². The Kier molecular flexibility index (Phi) is 9.01. The molecule has 0 unspecified atom stereocenters. The molecule has 0 amide bonds. The quantitative estimate of drug-likeness (QED) is 0.298. The van der Waals surface area contributed by atoms with Crippen molar-refractivity contribution < 1.29 is 14.2 Å². The zero-order valence-corrected chi connectivity index (χ0v) is 18.3. The molecule has 0 radical (unpaired) electrons. The van der Waals surface area contributed by atoms with E-state index in [1.165, 1.54) is 0 Å². The van der Waals surface area contributed by atoms with E-state index in [1.807, 2.05) is 28.7 Å². The second kappa shape index (κ2) is 12.2. The van der Waals surface area contributed by atoms with E-state index in [-0.39, 0.29) is 19.8 Å². The zero-order chi connectivity index (χ0) is 22.7. The maximum Gasteiger partial charge on any atom is 0.113 e. The monoisotopic (exact) mass is 443 g/mol. The van der Waals surface area contributed by atoms with Crippen LogP contribution in [0.25, 0.3) is 10.4 Å². The first-order valence-corrected chi connectivity index (χ1v) is 10.6. The van der Waals surface area contributed by atoms with Gasteiger partial charge in [-0.15, -0.1) is 16.6 Å². The molecule has 0 aromatic carbocycles. The van der Waals surface area contributed by atoms with E-state index in [0.717, 1.165) is 30.7 Å². The van der Waals surface area contributed by atoms with Crippen LogP contribution < -0.4 is 0 Å². The highest BCUT2D eigenvalue weighted by Gasteiger charge is 2.26. The van der Waals surface area contributed by atoms with Crippen molar-refractivity contribution in [2.75, 3.05) is 26.4 Å². The van der Waals surface area contributed by atoms with Crippen LogP contribution in [0.5, 0.6) is 0 Å². The van der Waals surface area contributed by atoms with Gasteiger partial charge in [-0.1, -0.05) is 21.5 Å². The minimum atomic E-state index is -0.705. The topological polar surface area (TPSA) is 138 Å². The maximum absolute atomic E-state index is 8.57. The number of azide groups is 1. The summed E-state index contributed by atoms with van der Waals surface area (Å²) in [4.78, 5) is 2.86. The van der Waals surface area contributed by atoms with Crippen molar-refractivity contribution in [1.29, 1.82) is 0 Å². The average Bonchev–Trinajstić information content (AvgIpc) is 3.43. The van der Waals surface area contributed by atoms with Crippen LogP contribution in [0.3, 0.4) is 0 Å². The van der Waals surface area contributed by atoms with Crippen molar-refractivity contribution in [3.8, 4) is 12.3 Å². The Morgan fingerprint density at radius 1 is 1.19 bits per heavy atom. The summed E-state index contributed by atoms with van der Waals surface area (Å²) in [7, 11) is 0. The van der Waals surface area contributed by atoms with E-state index in [1.54, 1.807) is 0 Å². The molecular formula is C20H29N9O3. The number of terminal acetylenes is 1. The van der Waals surface area contributed by atoms with Crippen LogP contribution in [0.2, 0.25) is 0 Å². The van der Waals surface area contributed by atoms with E-state index >= 15 is 0 Å². The summed E-state index contributed by atoms with van der Waals surface area (Å²) in [6.45, 7) is 5.15. The molecule has 3 heterocycles. The second-order valence-corrected chi connectivity index (χ2v) is 8.06. The SMILES string of the molecule is C#CCOC1(C)COCc2cn(nn2)CCC(CCN=[N+]=[N-])CCn2cc(nn2)COC1. The van der Waals surface area contributed by atoms with E-state index in [2.05, 4.69) is 36.6 Å². The molecule has 0 spiro atoms. The molecule has 172 valence electrons. The lowest BCUT2D eigenvalue weighted by molar-refractivity contribution is -0.123. The zero-order valence-electron chi connectivity index (χ0n) is 18.3. The second-order valence-electron chi connectivity index (χ2n) is 8.06. The van der Waals surface area contributed by atoms with Crippen molar-refractivity contribution in [2.24, 2.45) is 11.0 Å². The van der Waals surface area contributed by atoms with Crippen LogP contribution in [0, 0.1) is 18.3 Å². The fourth-order valence-corrected chi connectivity index (χ4v) is 3.46. The summed E-state index contributed by atoms with van der Waals surface area (Å²) >= 11 is 0. The minimum Gasteiger partial charge on any atom is -0.372 e. The molecule has 2 aromatic heterocycles. The Morgan fingerprint density at radius 3 is 2.31 bits per heavy atom. The first kappa shape index (κ1) is 23.7. The highest BCUT2D eigenvalue weighted by Crippen LogP contribution is 2.18. The number of rotatable bonds is 5. The van der Waals surface area contributed by atoms with Gasteiger partial charge in [0.15, 0.2) is 0 Å². The molecule has 0 N–H and O–H groups in total. The van der Waals surface area contributed by atoms with Gasteiger partial charge in [0.05, 0.1) is 38.8 Å². The molecule has 1 aliphatic rings. The first-order valence-electron chi connectivity index (χ1n) is 10.6. The highest BCUT2D eigenvalue weighted by atomic mass is 16.6. The van der Waals surface area contributed by atoms with E-state index in [9.17, 15) is 0 Å². The third-order valence-corrected chi connectivity index (χ3v) is 5.22. The first-order chi connectivity index (χ1) is 15.6. The van der Waals surface area contributed by atoms with Crippen LogP contribution in [0.4, 0.5) is 0 Å². The molecule has 12 nitrogen and oxygen atoms in total. The van der Waals surface area contributed by atoms with Crippen molar-refractivity contribution in [1.82, 2.24) is 30.0 Å². The number of hydrogen-bond acceptors (Lipinski definition) is 8. The van der Waals surface area contributed by atoms with Gasteiger partial charge in [-0.2, -0.15) is 0 Å². The number of aromatic nitrogens is 6. The molecule has 12 heteroatoms. The molecule has 0 atom stereocenters. The predicted octanol–water partition coefficient (Wildman–Crippen LogP) is 2.12. The van der Waals surface area contributed by atoms with Crippen molar-refractivity contribution in [3.63, 3.8) is 0 Å². The average molecular weight is 444 g/mol. The van der Waals surface area contributed by atoms with Gasteiger partial charge in [0.1, 0.15) is 23.6 Å². The fourth-order valence-electron chi connectivity index (χ4n) is 3.46. The maximum atomic E-state index is 8.57. The highest BCUT2D eigenvalue weighted by molar-refractivity contribution is 4.92. The van der Waals surface area contributed by atoms with Gasteiger partial charge in [-0.25, -0.2) is 0 Å². The van der Waals surface area contributed by atoms with Gasteiger partial charge in [0.2, 0.25) is 0 Å². The lowest BCUT2D eigenvalue weighted by Crippen LogP contribution is -2.39. The normalized spacial score (nSPS) is 22.8. The molecular weight excluding hydrogens is 414 g/mol. The number of hydrogen-bond donors (Lipinski definition) is 0. The van der Waals surface area contributed by atoms with E-state index in [4.69, 9.17) is 26.2 Å². The van der Waals surface area contributed by atoms with E-state index < -0.39 is 5.60 Å². The number of nitrogens with zero attached hydrogens (tertiary/aromatic N) is 9. The molecule has 2 aromatic rings. The van der Waals surface area contributed by atoms with Crippen LogP contribution in [-0.4, -0.2) is 62.0 Å². The van der Waals surface area contributed by atoms with E-state index in [0.29, 0.717) is 38.8 Å². The number of aryl methyl sites for hydroxylation is 2. The molecule has 4 bridgehead atoms. The minimum absolute atomic E-state index is 0.163. The summed E-state index contributed by atoms with van der Waals surface area (Å²) in [6.07, 6.45) is 11.7. The molecule has 0 saturated heterocycles. The smallest absolute Gasteiger partial charge is 0.113 e. The summed E-state index contributed by atoms with van der Waals surface area (Å²) < 4.78 is 21.1. The summed E-state index contributed by atoms with van der Waals surface area (Å²) in [5.41, 5.74) is 9.35. The van der Waals surface area contributed by atoms with Gasteiger partial charge >= 0.3 is 0 Å². The third-order valence-electron chi connectivity index (χ3n) is 5.22. The summed E-state index contributed by atoms with van der Waals surface area (Å²) in [5.74, 6) is 2.83. The summed E-state index contributed by atoms with van der Waals surface area (Å²) in [5, 5.41) is 20.5. The molecule has 32 heavy (non-hydrogen) atoms. The van der Waals surface area contributed by atoms with Crippen LogP contribution in [-0.2, 0) is 40.5 Å². The van der Waals surface area contributed by atoms with Gasteiger partial charge < -0.3 is 14.2 Å². The molecule has 3 rings (SSSR count). The Bertz CT molecular complexity index is 877. The lowest BCUT2D eigenvalue weighted by Gasteiger charge is -2.28. The number of fused-ring (bicyclic) bond motifs is 4. The Balaban J connectivity index is 1.70. The van der Waals surface area contributed by atoms with Gasteiger partial charge in [0.25, 0.3) is 0 Å². The Labute approximate surface area is 186 Å². The van der Waals surface area contributed by atoms with Crippen molar-refractivity contribution >= 4 is 0 Å². The van der Waals surface area contributed by atoms with Gasteiger partial charge in [0, 0.05) is 24.5 Å². The molecule has 0 saturated carbocycles. The Morgan fingerprint density at radius 2 is 1.78 bits per heavy atom. The predicted molar refractivity (Wildman–Crippen MR) is 114 cm³/mol. The van der Waals surface area contributed by atoms with Crippen LogP contribution in [0.15, 0.2) is 17.5 Å². The lowest BCUT2D eigenvalue weighted by atomic mass is 9.97. The fraction of sp³-hybridized carbons (Fsp3) is 0.700. The summed E-state index contributed by atoms with van der Waals surface area (Å²) in [6, 6.07) is 0. The molecule has 0 fully saturated rings. The Hall–Kier alpha value is -2.97. The van der Waals surface area contributed by atoms with Crippen molar-refractivity contribution in [2.45, 2.75) is 58.1 Å². The largest absolute Gasteiger partial charge is 0.372 e. The number of ether oxygens (including phenoxy) is 3. The third kappa shape index (κ3) is 7.62. The standard InChI is InChI=1S/C20H29N9O3/c1-3-10-32-20(2)15-30-13-18-11-28(26-23-18)8-5-17(4-7-22-25-21)6-9-29-12-19(24-27-29)14-31-16-20/h1,11-12,17H,4-10,13-16H2,2H3. The van der Waals surface area contributed by atoms with Gasteiger partial charge in [-0.3, -0.25) is 9.36 Å². The molecule has 0 aliphatic carbocycles. The molecule has 1 aliphatic heterocycles. The van der Waals surface area contributed by atoms with Crippen molar-refractivity contribution in [3.05, 3.63) is 34.2 Å².